The van der Waals surface area contributed by atoms with Gasteiger partial charge in [-0.1, -0.05) is 36.4 Å². The maximum absolute atomic E-state index is 12.7. The standard InChI is InChI=1S/C12H11FN2/c13-11-7-4-8-12(15-11)14-9-10-5-2-1-3-6-10/h1-8H,9H2,(H,14,15). The van der Waals surface area contributed by atoms with Crippen molar-refractivity contribution >= 4 is 5.82 Å². The van der Waals surface area contributed by atoms with Crippen LogP contribution in [0.5, 0.6) is 0 Å². The molecule has 0 amide bonds. The van der Waals surface area contributed by atoms with Crippen LogP contribution in [0.15, 0.2) is 48.5 Å². The van der Waals surface area contributed by atoms with Crippen LogP contribution in [0.4, 0.5) is 10.2 Å². The van der Waals surface area contributed by atoms with Gasteiger partial charge in [-0.3, -0.25) is 0 Å². The van der Waals surface area contributed by atoms with Gasteiger partial charge in [-0.2, -0.15) is 4.39 Å². The van der Waals surface area contributed by atoms with Crippen LogP contribution in [0.25, 0.3) is 0 Å². The second kappa shape index (κ2) is 4.55. The average molecular weight is 202 g/mol. The number of hydrogen-bond acceptors (Lipinski definition) is 2. The van der Waals surface area contributed by atoms with Crippen molar-refractivity contribution in [2.45, 2.75) is 6.54 Å². The van der Waals surface area contributed by atoms with Gasteiger partial charge in [-0.05, 0) is 17.7 Å². The average Bonchev–Trinajstić information content (AvgIpc) is 2.28. The summed E-state index contributed by atoms with van der Waals surface area (Å²) < 4.78 is 12.7. The van der Waals surface area contributed by atoms with E-state index in [2.05, 4.69) is 10.3 Å². The molecule has 0 spiro atoms. The van der Waals surface area contributed by atoms with Crippen molar-refractivity contribution < 1.29 is 4.39 Å². The van der Waals surface area contributed by atoms with Crippen LogP contribution in [-0.2, 0) is 6.54 Å². The number of benzene rings is 1. The van der Waals surface area contributed by atoms with Crippen LogP contribution in [0.2, 0.25) is 0 Å². The van der Waals surface area contributed by atoms with Gasteiger partial charge in [-0.25, -0.2) is 4.98 Å². The first kappa shape index (κ1) is 9.65. The molecule has 0 aliphatic heterocycles. The Kier molecular flexibility index (Phi) is 2.93. The molecule has 0 aliphatic rings. The van der Waals surface area contributed by atoms with Gasteiger partial charge >= 0.3 is 0 Å². The van der Waals surface area contributed by atoms with Crippen LogP contribution >= 0.6 is 0 Å². The SMILES string of the molecule is Fc1cccc(NCc2ccccc2)n1. The molecular weight excluding hydrogens is 191 g/mol. The van der Waals surface area contributed by atoms with Crippen molar-refractivity contribution in [2.75, 3.05) is 5.32 Å². The minimum Gasteiger partial charge on any atom is -0.366 e. The zero-order chi connectivity index (χ0) is 10.5. The van der Waals surface area contributed by atoms with Crippen molar-refractivity contribution in [1.82, 2.24) is 4.98 Å². The second-order valence-corrected chi connectivity index (χ2v) is 3.18. The molecule has 2 rings (SSSR count). The molecular formula is C12H11FN2. The minimum absolute atomic E-state index is 0.465. The lowest BCUT2D eigenvalue weighted by Gasteiger charge is -2.04. The van der Waals surface area contributed by atoms with Gasteiger partial charge < -0.3 is 5.32 Å². The maximum atomic E-state index is 12.7. The van der Waals surface area contributed by atoms with Crippen LogP contribution < -0.4 is 5.32 Å². The normalized spacial score (nSPS) is 9.93. The molecule has 76 valence electrons. The maximum Gasteiger partial charge on any atom is 0.214 e. The molecule has 0 bridgehead atoms. The number of pyridine rings is 1. The van der Waals surface area contributed by atoms with E-state index in [9.17, 15) is 4.39 Å². The number of nitrogens with zero attached hydrogens (tertiary/aromatic N) is 1. The lowest BCUT2D eigenvalue weighted by atomic mass is 10.2. The molecule has 0 unspecified atom stereocenters. The van der Waals surface area contributed by atoms with Gasteiger partial charge in [0.05, 0.1) is 0 Å². The predicted molar refractivity (Wildman–Crippen MR) is 58.0 cm³/mol. The van der Waals surface area contributed by atoms with E-state index in [4.69, 9.17) is 0 Å². The highest BCUT2D eigenvalue weighted by molar-refractivity contribution is 5.34. The zero-order valence-electron chi connectivity index (χ0n) is 8.15. The molecule has 0 fully saturated rings. The molecule has 2 nitrogen and oxygen atoms in total. The third-order valence-corrected chi connectivity index (χ3v) is 2.03. The Hall–Kier alpha value is -1.90. The van der Waals surface area contributed by atoms with E-state index in [1.54, 1.807) is 12.1 Å². The molecule has 0 saturated heterocycles. The molecule has 0 atom stereocenters. The third-order valence-electron chi connectivity index (χ3n) is 2.03. The van der Waals surface area contributed by atoms with Crippen molar-refractivity contribution in [1.29, 1.82) is 0 Å². The summed E-state index contributed by atoms with van der Waals surface area (Å²) in [5.41, 5.74) is 1.14. The first-order chi connectivity index (χ1) is 7.34. The summed E-state index contributed by atoms with van der Waals surface area (Å²) in [5, 5.41) is 3.05. The second-order valence-electron chi connectivity index (χ2n) is 3.18. The molecule has 1 N–H and O–H groups in total. The highest BCUT2D eigenvalue weighted by Crippen LogP contribution is 2.06. The fraction of sp³-hybridized carbons (Fsp3) is 0.0833. The minimum atomic E-state index is -0.465. The third kappa shape index (κ3) is 2.77. The first-order valence-corrected chi connectivity index (χ1v) is 4.75. The highest BCUT2D eigenvalue weighted by Gasteiger charge is 1.95. The number of rotatable bonds is 3. The fourth-order valence-electron chi connectivity index (χ4n) is 1.30. The number of hydrogen-bond donors (Lipinski definition) is 1. The van der Waals surface area contributed by atoms with Crippen LogP contribution in [0.1, 0.15) is 5.56 Å². The Bertz CT molecular complexity index is 429. The number of halogens is 1. The van der Waals surface area contributed by atoms with Gasteiger partial charge in [0.2, 0.25) is 5.95 Å². The van der Waals surface area contributed by atoms with Crippen molar-refractivity contribution in [2.24, 2.45) is 0 Å². The van der Waals surface area contributed by atoms with Gasteiger partial charge in [0, 0.05) is 6.54 Å². The Labute approximate surface area is 87.8 Å². The van der Waals surface area contributed by atoms with Gasteiger partial charge in [0.15, 0.2) is 0 Å². The number of aromatic nitrogens is 1. The molecule has 15 heavy (non-hydrogen) atoms. The lowest BCUT2D eigenvalue weighted by molar-refractivity contribution is 0.585. The van der Waals surface area contributed by atoms with Crippen LogP contribution in [-0.4, -0.2) is 4.98 Å². The molecule has 1 aromatic heterocycles. The predicted octanol–water partition coefficient (Wildman–Crippen LogP) is 2.83. The Morgan fingerprint density at radius 2 is 1.80 bits per heavy atom. The summed E-state index contributed by atoms with van der Waals surface area (Å²) in [6.07, 6.45) is 0. The molecule has 0 aliphatic carbocycles. The Morgan fingerprint density at radius 1 is 1.00 bits per heavy atom. The molecule has 1 heterocycles. The number of nitrogens with one attached hydrogen (secondary N) is 1. The largest absolute Gasteiger partial charge is 0.366 e. The molecule has 0 saturated carbocycles. The van der Waals surface area contributed by atoms with Gasteiger partial charge in [0.25, 0.3) is 0 Å². The lowest BCUT2D eigenvalue weighted by Crippen LogP contribution is -2.01. The van der Waals surface area contributed by atoms with E-state index in [0.717, 1.165) is 5.56 Å². The summed E-state index contributed by atoms with van der Waals surface area (Å²) in [7, 11) is 0. The Balaban J connectivity index is 1.99. The summed E-state index contributed by atoms with van der Waals surface area (Å²) in [6.45, 7) is 0.650. The van der Waals surface area contributed by atoms with E-state index < -0.39 is 5.95 Å². The summed E-state index contributed by atoms with van der Waals surface area (Å²) in [6, 6.07) is 14.6. The summed E-state index contributed by atoms with van der Waals surface area (Å²) in [5.74, 6) is 0.0897. The highest BCUT2D eigenvalue weighted by atomic mass is 19.1. The Morgan fingerprint density at radius 3 is 2.53 bits per heavy atom. The molecule has 3 heteroatoms. The van der Waals surface area contributed by atoms with Gasteiger partial charge in [0.1, 0.15) is 5.82 Å². The van der Waals surface area contributed by atoms with Crippen molar-refractivity contribution in [3.8, 4) is 0 Å². The van der Waals surface area contributed by atoms with Crippen LogP contribution in [0, 0.1) is 5.95 Å². The first-order valence-electron chi connectivity index (χ1n) is 4.75. The fourth-order valence-corrected chi connectivity index (χ4v) is 1.30. The van der Waals surface area contributed by atoms with Crippen LogP contribution in [0.3, 0.4) is 0 Å². The smallest absolute Gasteiger partial charge is 0.214 e. The summed E-state index contributed by atoms with van der Waals surface area (Å²) in [4.78, 5) is 3.71. The van der Waals surface area contributed by atoms with Crippen molar-refractivity contribution in [3.63, 3.8) is 0 Å². The quantitative estimate of drug-likeness (QED) is 0.774. The van der Waals surface area contributed by atoms with E-state index in [-0.39, 0.29) is 0 Å². The molecule has 2 aromatic rings. The van der Waals surface area contributed by atoms with Gasteiger partial charge in [-0.15, -0.1) is 0 Å². The van der Waals surface area contributed by atoms with E-state index in [1.807, 2.05) is 30.3 Å². The van der Waals surface area contributed by atoms with E-state index in [0.29, 0.717) is 12.4 Å². The zero-order valence-corrected chi connectivity index (χ0v) is 8.15. The topological polar surface area (TPSA) is 24.9 Å². The van der Waals surface area contributed by atoms with E-state index >= 15 is 0 Å². The van der Waals surface area contributed by atoms with E-state index in [1.165, 1.54) is 6.07 Å². The summed E-state index contributed by atoms with van der Waals surface area (Å²) >= 11 is 0. The molecule has 0 radical (unpaired) electrons. The van der Waals surface area contributed by atoms with Crippen molar-refractivity contribution in [3.05, 3.63) is 60.0 Å². The molecule has 1 aromatic carbocycles. The monoisotopic (exact) mass is 202 g/mol. The number of anilines is 1.